The van der Waals surface area contributed by atoms with Gasteiger partial charge in [-0.3, -0.25) is 0 Å². The van der Waals surface area contributed by atoms with Crippen LogP contribution in [0.25, 0.3) is 43.8 Å². The Morgan fingerprint density at radius 2 is 1.13 bits per heavy atom. The van der Waals surface area contributed by atoms with Gasteiger partial charge in [-0.1, -0.05) is 36.4 Å². The van der Waals surface area contributed by atoms with E-state index in [0.29, 0.717) is 94.6 Å². The van der Waals surface area contributed by atoms with E-state index < -0.39 is 5.82 Å². The van der Waals surface area contributed by atoms with Gasteiger partial charge in [-0.2, -0.15) is 15.0 Å². The number of ether oxygens (including phenoxy) is 2. The number of hydrogen-bond acceptors (Lipinski definition) is 17. The van der Waals surface area contributed by atoms with Crippen LogP contribution >= 0.6 is 0 Å². The summed E-state index contributed by atoms with van der Waals surface area (Å²) in [6.07, 6.45) is 5.20. The van der Waals surface area contributed by atoms with Crippen LogP contribution in [0, 0.1) is 5.82 Å². The van der Waals surface area contributed by atoms with Gasteiger partial charge in [-0.05, 0) is 139 Å². The number of benzene rings is 6. The SMILES string of the molecule is Oc1ccccc1Nc1nc(NCc2ccco2)c2cc(-c3ccc(Nc4nc(NCC5CCCO5)c5cc(Oc6ccc(Nc7nc(NCc8ccco8)c8ccccc8n7)cc6)ccc5n4)c(F)c3)ccc2n1. The van der Waals surface area contributed by atoms with Crippen molar-refractivity contribution in [3.05, 3.63) is 182 Å². The summed E-state index contributed by atoms with van der Waals surface area (Å²) in [7, 11) is 0. The monoisotopic (exact) mass is 998 g/mol. The highest BCUT2D eigenvalue weighted by Crippen LogP contribution is 2.35. The summed E-state index contributed by atoms with van der Waals surface area (Å²) in [5, 5.41) is 32.5. The number of hydrogen-bond donors (Lipinski definition) is 7. The average Bonchev–Trinajstić information content (AvgIpc) is 4.28. The molecule has 17 nitrogen and oxygen atoms in total. The van der Waals surface area contributed by atoms with Crippen molar-refractivity contribution in [3.63, 3.8) is 0 Å². The standard InChI is InChI=1S/C57H47FN12O5/c58-45-29-35(34-15-22-47-43(28-34)53(60-32-40-9-6-26-73-40)69-57(64-47)67-50-13-3-4-14-51(50)71)16-23-49(45)66-56-65-48-24-21-38(30-44(48)54(70-56)61-33-41-10-7-27-74-41)75-37-19-17-36(18-20-37)62-55-63-46-12-2-1-11-42(46)52(68-55)59-31-39-8-5-25-72-39/h1-6,8-9,11-26,28-30,41,71H,7,10,27,31-33H2,(H2,59,62,63,68)(H2,60,64,67,69)(H2,61,65,66,70). The summed E-state index contributed by atoms with van der Waals surface area (Å²) >= 11 is 0. The Kier molecular flexibility index (Phi) is 12.8. The molecule has 1 saturated heterocycles. The molecule has 0 spiro atoms. The van der Waals surface area contributed by atoms with Gasteiger partial charge >= 0.3 is 0 Å². The minimum absolute atomic E-state index is 0.0274. The Balaban J connectivity index is 0.771. The van der Waals surface area contributed by atoms with Gasteiger partial charge in [-0.15, -0.1) is 0 Å². The lowest BCUT2D eigenvalue weighted by Gasteiger charge is -2.16. The minimum Gasteiger partial charge on any atom is -0.506 e. The number of phenols is 1. The van der Waals surface area contributed by atoms with Crippen LogP contribution in [0.15, 0.2) is 173 Å². The molecule has 1 unspecified atom stereocenters. The van der Waals surface area contributed by atoms with Gasteiger partial charge in [0, 0.05) is 35.0 Å². The molecule has 0 saturated carbocycles. The largest absolute Gasteiger partial charge is 0.506 e. The van der Waals surface area contributed by atoms with Crippen molar-refractivity contribution in [2.75, 3.05) is 45.1 Å². The van der Waals surface area contributed by atoms with Gasteiger partial charge in [0.15, 0.2) is 0 Å². The molecule has 7 N–H and O–H groups in total. The fraction of sp³-hybridized carbons (Fsp3) is 0.123. The van der Waals surface area contributed by atoms with Gasteiger partial charge in [-0.25, -0.2) is 19.3 Å². The first-order valence-corrected chi connectivity index (χ1v) is 24.3. The average molecular weight is 999 g/mol. The number of anilines is 9. The molecule has 0 bridgehead atoms. The molecule has 6 aromatic carbocycles. The van der Waals surface area contributed by atoms with E-state index in [-0.39, 0.29) is 29.4 Å². The summed E-state index contributed by atoms with van der Waals surface area (Å²) < 4.78 is 39.6. The summed E-state index contributed by atoms with van der Waals surface area (Å²) in [4.78, 5) is 28.7. The molecule has 1 atom stereocenters. The second kappa shape index (κ2) is 20.7. The molecule has 1 fully saturated rings. The van der Waals surface area contributed by atoms with E-state index in [9.17, 15) is 5.11 Å². The summed E-state index contributed by atoms with van der Waals surface area (Å²) in [6, 6.07) is 45.8. The molecule has 1 aliphatic rings. The molecule has 0 aliphatic carbocycles. The first-order chi connectivity index (χ1) is 36.9. The quantitative estimate of drug-likeness (QED) is 0.0398. The summed E-state index contributed by atoms with van der Waals surface area (Å²) in [5.74, 6) is 4.93. The van der Waals surface area contributed by atoms with Crippen LogP contribution in [-0.4, -0.2) is 54.3 Å². The van der Waals surface area contributed by atoms with Crippen molar-refractivity contribution >= 4 is 85.1 Å². The van der Waals surface area contributed by atoms with E-state index >= 15 is 4.39 Å². The Morgan fingerprint density at radius 3 is 1.83 bits per heavy atom. The van der Waals surface area contributed by atoms with Crippen LogP contribution in [0.2, 0.25) is 0 Å². The maximum Gasteiger partial charge on any atom is 0.229 e. The van der Waals surface area contributed by atoms with Crippen LogP contribution < -0.4 is 36.6 Å². The molecule has 5 aromatic heterocycles. The highest BCUT2D eigenvalue weighted by molar-refractivity contribution is 5.95. The highest BCUT2D eigenvalue weighted by atomic mass is 19.1. The van der Waals surface area contributed by atoms with Gasteiger partial charge in [0.1, 0.15) is 52.0 Å². The van der Waals surface area contributed by atoms with Crippen molar-refractivity contribution in [1.29, 1.82) is 0 Å². The molecule has 12 rings (SSSR count). The molecule has 0 amide bonds. The van der Waals surface area contributed by atoms with Gasteiger partial charge in [0.05, 0.1) is 59.6 Å². The van der Waals surface area contributed by atoms with E-state index in [1.54, 1.807) is 42.9 Å². The third kappa shape index (κ3) is 10.6. The number of halogens is 1. The van der Waals surface area contributed by atoms with E-state index in [4.69, 9.17) is 48.2 Å². The molecule has 0 radical (unpaired) electrons. The van der Waals surface area contributed by atoms with Crippen molar-refractivity contribution in [2.45, 2.75) is 32.0 Å². The second-order valence-corrected chi connectivity index (χ2v) is 17.7. The zero-order chi connectivity index (χ0) is 50.5. The number of nitrogens with one attached hydrogen (secondary N) is 6. The van der Waals surface area contributed by atoms with Crippen LogP contribution in [-0.2, 0) is 17.8 Å². The number of para-hydroxylation sites is 3. The van der Waals surface area contributed by atoms with E-state index in [0.717, 1.165) is 46.1 Å². The van der Waals surface area contributed by atoms with Crippen molar-refractivity contribution in [3.8, 4) is 28.4 Å². The zero-order valence-electron chi connectivity index (χ0n) is 40.0. The number of nitrogens with zero attached hydrogens (tertiary/aromatic N) is 6. The van der Waals surface area contributed by atoms with Crippen LogP contribution in [0.4, 0.5) is 56.8 Å². The van der Waals surface area contributed by atoms with Crippen molar-refractivity contribution in [1.82, 2.24) is 29.9 Å². The maximum absolute atomic E-state index is 16.2. The highest BCUT2D eigenvalue weighted by Gasteiger charge is 2.19. The molecular weight excluding hydrogens is 952 g/mol. The fourth-order valence-electron chi connectivity index (χ4n) is 8.80. The normalized spacial score (nSPS) is 13.3. The molecule has 18 heteroatoms. The second-order valence-electron chi connectivity index (χ2n) is 17.7. The Labute approximate surface area is 428 Å². The zero-order valence-corrected chi connectivity index (χ0v) is 40.0. The Hall–Kier alpha value is -9.81. The number of rotatable bonds is 18. The lowest BCUT2D eigenvalue weighted by molar-refractivity contribution is 0.120. The van der Waals surface area contributed by atoms with E-state index in [2.05, 4.69) is 31.9 Å². The molecule has 1 aliphatic heterocycles. The first-order valence-electron chi connectivity index (χ1n) is 24.3. The van der Waals surface area contributed by atoms with E-state index in [1.807, 2.05) is 115 Å². The lowest BCUT2D eigenvalue weighted by Crippen LogP contribution is -2.19. The maximum atomic E-state index is 16.2. The molecule has 6 heterocycles. The van der Waals surface area contributed by atoms with Gasteiger partial charge in [0.2, 0.25) is 17.8 Å². The predicted octanol–water partition coefficient (Wildman–Crippen LogP) is 13.1. The summed E-state index contributed by atoms with van der Waals surface area (Å²) in [6.45, 7) is 2.08. The lowest BCUT2D eigenvalue weighted by atomic mass is 10.0. The summed E-state index contributed by atoms with van der Waals surface area (Å²) in [5.41, 5.74) is 4.85. The Bertz CT molecular complexity index is 3800. The third-order valence-electron chi connectivity index (χ3n) is 12.6. The van der Waals surface area contributed by atoms with Crippen molar-refractivity contribution < 1.29 is 27.8 Å². The first kappa shape index (κ1) is 46.3. The topological polar surface area (TPSA) is 214 Å². The van der Waals surface area contributed by atoms with Crippen LogP contribution in [0.1, 0.15) is 24.4 Å². The van der Waals surface area contributed by atoms with E-state index in [1.165, 1.54) is 6.07 Å². The minimum atomic E-state index is -0.502. The number of furan rings is 2. The van der Waals surface area contributed by atoms with Crippen LogP contribution in [0.3, 0.4) is 0 Å². The Morgan fingerprint density at radius 1 is 0.533 bits per heavy atom. The number of aromatic hydroxyl groups is 1. The molecule has 11 aromatic rings. The third-order valence-corrected chi connectivity index (χ3v) is 12.6. The predicted molar refractivity (Wildman–Crippen MR) is 288 cm³/mol. The van der Waals surface area contributed by atoms with Crippen LogP contribution in [0.5, 0.6) is 17.2 Å². The number of aromatic nitrogens is 6. The fourth-order valence-corrected chi connectivity index (χ4v) is 8.80. The molecule has 372 valence electrons. The number of fused-ring (bicyclic) bond motifs is 3. The van der Waals surface area contributed by atoms with Crippen molar-refractivity contribution in [2.24, 2.45) is 0 Å². The smallest absolute Gasteiger partial charge is 0.229 e. The molecule has 75 heavy (non-hydrogen) atoms. The number of phenolic OH excluding ortho intramolecular Hbond substituents is 1. The van der Waals surface area contributed by atoms with Gasteiger partial charge in [0.25, 0.3) is 0 Å². The van der Waals surface area contributed by atoms with Gasteiger partial charge < -0.3 is 55.3 Å². The molecular formula is C57H47FN12O5.